The second-order valence-corrected chi connectivity index (χ2v) is 4.95. The molecule has 3 N–H and O–H groups in total. The summed E-state index contributed by atoms with van der Waals surface area (Å²) >= 11 is 0. The summed E-state index contributed by atoms with van der Waals surface area (Å²) in [5.41, 5.74) is 8.27. The first-order chi connectivity index (χ1) is 7.90. The summed E-state index contributed by atoms with van der Waals surface area (Å²) in [4.78, 5) is 12.1. The summed E-state index contributed by atoms with van der Waals surface area (Å²) in [6.07, 6.45) is 0.819. The maximum atomic E-state index is 12.1. The largest absolute Gasteiger partial charge is 0.346 e. The third-order valence-electron chi connectivity index (χ3n) is 3.13. The van der Waals surface area contributed by atoms with Gasteiger partial charge < -0.3 is 11.1 Å². The van der Waals surface area contributed by atoms with E-state index in [1.54, 1.807) is 0 Å². The molecule has 1 unspecified atom stereocenters. The van der Waals surface area contributed by atoms with E-state index < -0.39 is 0 Å². The summed E-state index contributed by atoms with van der Waals surface area (Å²) in [5, 5.41) is 3.00. The standard InChI is InChI=1S/C14H22N2O/c1-5-14(4,9-15)16-13(17)12-7-10(2)6-11(3)8-12/h6-8H,5,9,15H2,1-4H3,(H,16,17). The second kappa shape index (κ2) is 5.32. The molecule has 0 aliphatic rings. The summed E-state index contributed by atoms with van der Waals surface area (Å²) in [6, 6.07) is 5.85. The monoisotopic (exact) mass is 234 g/mol. The van der Waals surface area contributed by atoms with E-state index >= 15 is 0 Å². The van der Waals surface area contributed by atoms with Crippen molar-refractivity contribution in [2.45, 2.75) is 39.7 Å². The number of nitrogens with one attached hydrogen (secondary N) is 1. The van der Waals surface area contributed by atoms with Crippen molar-refractivity contribution in [1.82, 2.24) is 5.32 Å². The number of aryl methyl sites for hydroxylation is 2. The van der Waals surface area contributed by atoms with Gasteiger partial charge in [0.25, 0.3) is 5.91 Å². The van der Waals surface area contributed by atoms with Crippen LogP contribution >= 0.6 is 0 Å². The molecule has 0 radical (unpaired) electrons. The van der Waals surface area contributed by atoms with Crippen LogP contribution in [0.25, 0.3) is 0 Å². The van der Waals surface area contributed by atoms with Gasteiger partial charge in [-0.25, -0.2) is 0 Å². The molecule has 0 aromatic heterocycles. The van der Waals surface area contributed by atoms with Crippen molar-refractivity contribution in [2.24, 2.45) is 5.73 Å². The van der Waals surface area contributed by atoms with Crippen LogP contribution in [-0.4, -0.2) is 18.0 Å². The van der Waals surface area contributed by atoms with Crippen molar-refractivity contribution < 1.29 is 4.79 Å². The predicted octanol–water partition coefficient (Wildman–Crippen LogP) is 2.16. The van der Waals surface area contributed by atoms with E-state index in [2.05, 4.69) is 11.4 Å². The molecular formula is C14H22N2O. The van der Waals surface area contributed by atoms with Crippen LogP contribution in [0.15, 0.2) is 18.2 Å². The fourth-order valence-corrected chi connectivity index (χ4v) is 1.74. The first kappa shape index (κ1) is 13.7. The van der Waals surface area contributed by atoms with Gasteiger partial charge >= 0.3 is 0 Å². The molecule has 0 saturated heterocycles. The smallest absolute Gasteiger partial charge is 0.251 e. The maximum Gasteiger partial charge on any atom is 0.251 e. The first-order valence-corrected chi connectivity index (χ1v) is 6.01. The predicted molar refractivity (Wildman–Crippen MR) is 71.1 cm³/mol. The molecule has 0 heterocycles. The minimum Gasteiger partial charge on any atom is -0.346 e. The molecule has 0 bridgehead atoms. The Morgan fingerprint density at radius 3 is 2.24 bits per heavy atom. The molecule has 94 valence electrons. The molecule has 1 aromatic carbocycles. The average molecular weight is 234 g/mol. The Kier molecular flexibility index (Phi) is 4.29. The quantitative estimate of drug-likeness (QED) is 0.838. The molecular weight excluding hydrogens is 212 g/mol. The van der Waals surface area contributed by atoms with E-state index in [9.17, 15) is 4.79 Å². The van der Waals surface area contributed by atoms with Crippen molar-refractivity contribution in [3.8, 4) is 0 Å². The van der Waals surface area contributed by atoms with E-state index in [0.717, 1.165) is 17.5 Å². The highest BCUT2D eigenvalue weighted by molar-refractivity contribution is 5.95. The Labute approximate surface area is 103 Å². The Morgan fingerprint density at radius 2 is 1.82 bits per heavy atom. The highest BCUT2D eigenvalue weighted by atomic mass is 16.1. The van der Waals surface area contributed by atoms with Gasteiger partial charge in [-0.05, 0) is 39.3 Å². The topological polar surface area (TPSA) is 55.1 Å². The normalized spacial score (nSPS) is 14.2. The van der Waals surface area contributed by atoms with Crippen molar-refractivity contribution in [3.63, 3.8) is 0 Å². The van der Waals surface area contributed by atoms with Crippen LogP contribution in [0.5, 0.6) is 0 Å². The lowest BCUT2D eigenvalue weighted by molar-refractivity contribution is 0.0906. The average Bonchev–Trinajstić information content (AvgIpc) is 2.27. The molecule has 0 fully saturated rings. The summed E-state index contributed by atoms with van der Waals surface area (Å²) in [6.45, 7) is 8.42. The highest BCUT2D eigenvalue weighted by Gasteiger charge is 2.22. The maximum absolute atomic E-state index is 12.1. The minimum atomic E-state index is -0.325. The van der Waals surface area contributed by atoms with Crippen molar-refractivity contribution in [1.29, 1.82) is 0 Å². The van der Waals surface area contributed by atoms with Crippen LogP contribution in [0, 0.1) is 13.8 Å². The van der Waals surface area contributed by atoms with Crippen molar-refractivity contribution in [3.05, 3.63) is 34.9 Å². The van der Waals surface area contributed by atoms with E-state index in [0.29, 0.717) is 12.1 Å². The lowest BCUT2D eigenvalue weighted by Crippen LogP contribution is -2.50. The van der Waals surface area contributed by atoms with Gasteiger partial charge in [-0.2, -0.15) is 0 Å². The molecule has 0 saturated carbocycles. The number of nitrogens with two attached hydrogens (primary N) is 1. The lowest BCUT2D eigenvalue weighted by Gasteiger charge is -2.28. The van der Waals surface area contributed by atoms with Gasteiger partial charge in [0.05, 0.1) is 0 Å². The number of carbonyl (C=O) groups is 1. The Bertz CT molecular complexity index is 388. The SMILES string of the molecule is CCC(C)(CN)NC(=O)c1cc(C)cc(C)c1. The van der Waals surface area contributed by atoms with Crippen molar-refractivity contribution >= 4 is 5.91 Å². The zero-order chi connectivity index (χ0) is 13.1. The molecule has 0 aliphatic carbocycles. The van der Waals surface area contributed by atoms with Gasteiger partial charge in [0.15, 0.2) is 0 Å². The molecule has 17 heavy (non-hydrogen) atoms. The third kappa shape index (κ3) is 3.56. The van der Waals surface area contributed by atoms with Gasteiger partial charge in [0.1, 0.15) is 0 Å². The molecule has 3 heteroatoms. The Morgan fingerprint density at radius 1 is 1.29 bits per heavy atom. The number of benzene rings is 1. The number of carbonyl (C=O) groups excluding carboxylic acids is 1. The molecule has 1 atom stereocenters. The van der Waals surface area contributed by atoms with Crippen LogP contribution in [0.1, 0.15) is 41.8 Å². The van der Waals surface area contributed by atoms with Crippen LogP contribution < -0.4 is 11.1 Å². The summed E-state index contributed by atoms with van der Waals surface area (Å²) in [5.74, 6) is -0.0494. The van der Waals surface area contributed by atoms with E-state index in [-0.39, 0.29) is 11.4 Å². The number of rotatable bonds is 4. The minimum absolute atomic E-state index is 0.0494. The number of amides is 1. The zero-order valence-corrected chi connectivity index (χ0v) is 11.1. The molecule has 0 aliphatic heterocycles. The zero-order valence-electron chi connectivity index (χ0n) is 11.1. The molecule has 1 rings (SSSR count). The van der Waals surface area contributed by atoms with E-state index in [1.807, 2.05) is 39.8 Å². The van der Waals surface area contributed by atoms with Crippen LogP contribution in [0.2, 0.25) is 0 Å². The molecule has 1 aromatic rings. The summed E-state index contributed by atoms with van der Waals surface area (Å²) in [7, 11) is 0. The molecule has 3 nitrogen and oxygen atoms in total. The van der Waals surface area contributed by atoms with E-state index in [4.69, 9.17) is 5.73 Å². The van der Waals surface area contributed by atoms with Crippen LogP contribution in [0.3, 0.4) is 0 Å². The second-order valence-electron chi connectivity index (χ2n) is 4.95. The molecule has 0 spiro atoms. The van der Waals surface area contributed by atoms with Gasteiger partial charge in [-0.15, -0.1) is 0 Å². The van der Waals surface area contributed by atoms with Gasteiger partial charge in [0.2, 0.25) is 0 Å². The van der Waals surface area contributed by atoms with Gasteiger partial charge in [-0.1, -0.05) is 24.1 Å². The number of hydrogen-bond donors (Lipinski definition) is 2. The fraction of sp³-hybridized carbons (Fsp3) is 0.500. The Hall–Kier alpha value is -1.35. The van der Waals surface area contributed by atoms with E-state index in [1.165, 1.54) is 0 Å². The van der Waals surface area contributed by atoms with Gasteiger partial charge in [0, 0.05) is 17.6 Å². The van der Waals surface area contributed by atoms with Crippen molar-refractivity contribution in [2.75, 3.05) is 6.54 Å². The summed E-state index contributed by atoms with van der Waals surface area (Å²) < 4.78 is 0. The lowest BCUT2D eigenvalue weighted by atomic mass is 9.98. The number of hydrogen-bond acceptors (Lipinski definition) is 2. The Balaban J connectivity index is 2.90. The highest BCUT2D eigenvalue weighted by Crippen LogP contribution is 2.12. The first-order valence-electron chi connectivity index (χ1n) is 6.01. The van der Waals surface area contributed by atoms with Crippen LogP contribution in [0.4, 0.5) is 0 Å². The molecule has 1 amide bonds. The van der Waals surface area contributed by atoms with Gasteiger partial charge in [-0.3, -0.25) is 4.79 Å². The third-order valence-corrected chi connectivity index (χ3v) is 3.13. The fourth-order valence-electron chi connectivity index (χ4n) is 1.74. The van der Waals surface area contributed by atoms with Crippen LogP contribution in [-0.2, 0) is 0 Å².